The van der Waals surface area contributed by atoms with Crippen molar-refractivity contribution in [1.82, 2.24) is 5.32 Å². The molecule has 7 nitrogen and oxygen atoms in total. The number of nitrogens with one attached hydrogen (secondary N) is 1. The van der Waals surface area contributed by atoms with Gasteiger partial charge in [0.1, 0.15) is 5.75 Å². The number of benzene rings is 2. The first-order chi connectivity index (χ1) is 13.0. The van der Waals surface area contributed by atoms with Crippen molar-refractivity contribution in [3.8, 4) is 5.75 Å². The van der Waals surface area contributed by atoms with Gasteiger partial charge in [-0.25, -0.2) is 4.79 Å². The molecule has 2 aromatic rings. The van der Waals surface area contributed by atoms with Crippen LogP contribution in [0, 0.1) is 0 Å². The highest BCUT2D eigenvalue weighted by Gasteiger charge is 2.31. The lowest BCUT2D eigenvalue weighted by Gasteiger charge is -2.32. The van der Waals surface area contributed by atoms with E-state index in [0.29, 0.717) is 18.0 Å². The van der Waals surface area contributed by atoms with Gasteiger partial charge in [-0.05, 0) is 36.8 Å². The van der Waals surface area contributed by atoms with Gasteiger partial charge in [0.2, 0.25) is 5.91 Å². The van der Waals surface area contributed by atoms with E-state index in [9.17, 15) is 14.4 Å². The summed E-state index contributed by atoms with van der Waals surface area (Å²) in [5.41, 5.74) is 1.66. The molecule has 1 aliphatic rings. The summed E-state index contributed by atoms with van der Waals surface area (Å²) in [6.07, 6.45) is -0.435. The van der Waals surface area contributed by atoms with E-state index >= 15 is 0 Å². The van der Waals surface area contributed by atoms with Crippen molar-refractivity contribution in [2.24, 2.45) is 0 Å². The molecule has 1 heterocycles. The molecular weight excluding hydrogens is 348 g/mol. The van der Waals surface area contributed by atoms with Crippen LogP contribution in [-0.4, -0.2) is 35.5 Å². The summed E-state index contributed by atoms with van der Waals surface area (Å²) in [5.74, 6) is -0.730. The van der Waals surface area contributed by atoms with E-state index < -0.39 is 12.1 Å². The van der Waals surface area contributed by atoms with Crippen molar-refractivity contribution in [3.05, 3.63) is 59.7 Å². The summed E-state index contributed by atoms with van der Waals surface area (Å²) in [7, 11) is 0. The van der Waals surface area contributed by atoms with Crippen molar-refractivity contribution in [2.45, 2.75) is 26.0 Å². The number of para-hydroxylation sites is 2. The Morgan fingerprint density at radius 2 is 1.85 bits per heavy atom. The lowest BCUT2D eigenvalue weighted by atomic mass is 10.1. The predicted molar refractivity (Wildman–Crippen MR) is 98.8 cm³/mol. The fraction of sp³-hybridized carbons (Fsp3) is 0.250. The lowest BCUT2D eigenvalue weighted by molar-refractivity contribution is -0.125. The minimum atomic E-state index is -0.990. The number of nitrogens with zero attached hydrogens (tertiary/aromatic N) is 1. The molecule has 140 valence electrons. The number of amides is 2. The highest BCUT2D eigenvalue weighted by atomic mass is 16.5. The van der Waals surface area contributed by atoms with Crippen LogP contribution in [0.4, 0.5) is 5.69 Å². The van der Waals surface area contributed by atoms with Gasteiger partial charge in [0.15, 0.2) is 6.10 Å². The zero-order valence-corrected chi connectivity index (χ0v) is 14.8. The zero-order valence-electron chi connectivity index (χ0n) is 14.8. The molecule has 2 aromatic carbocycles. The predicted octanol–water partition coefficient (Wildman–Crippen LogP) is 2.21. The molecule has 0 saturated heterocycles. The minimum absolute atomic E-state index is 0.153. The molecule has 2 amide bonds. The van der Waals surface area contributed by atoms with Gasteiger partial charge in [0.05, 0.1) is 11.3 Å². The van der Waals surface area contributed by atoms with Crippen molar-refractivity contribution < 1.29 is 24.2 Å². The Kier molecular flexibility index (Phi) is 5.40. The number of rotatable bonds is 6. The van der Waals surface area contributed by atoms with Crippen LogP contribution in [-0.2, 0) is 16.1 Å². The number of carboxylic acids is 1. The topological polar surface area (TPSA) is 95.9 Å². The van der Waals surface area contributed by atoms with E-state index in [4.69, 9.17) is 9.84 Å². The Morgan fingerprint density at radius 1 is 1.15 bits per heavy atom. The smallest absolute Gasteiger partial charge is 0.335 e. The zero-order chi connectivity index (χ0) is 19.4. The van der Waals surface area contributed by atoms with Gasteiger partial charge in [-0.2, -0.15) is 0 Å². The first kappa shape index (κ1) is 18.4. The number of anilines is 1. The van der Waals surface area contributed by atoms with Crippen LogP contribution < -0.4 is 15.0 Å². The van der Waals surface area contributed by atoms with Crippen LogP contribution in [0.25, 0.3) is 0 Å². The third-order valence-corrected chi connectivity index (χ3v) is 4.33. The first-order valence-corrected chi connectivity index (χ1v) is 8.61. The van der Waals surface area contributed by atoms with Gasteiger partial charge in [-0.1, -0.05) is 24.3 Å². The van der Waals surface area contributed by atoms with Gasteiger partial charge in [-0.15, -0.1) is 0 Å². The van der Waals surface area contributed by atoms with Gasteiger partial charge < -0.3 is 20.1 Å². The van der Waals surface area contributed by atoms with Crippen LogP contribution in [0.5, 0.6) is 5.75 Å². The number of carbonyl (C=O) groups is 3. The molecule has 1 aliphatic heterocycles. The summed E-state index contributed by atoms with van der Waals surface area (Å²) < 4.78 is 5.58. The molecule has 1 atom stereocenters. The van der Waals surface area contributed by atoms with E-state index in [1.54, 1.807) is 36.1 Å². The number of hydrogen-bond acceptors (Lipinski definition) is 4. The van der Waals surface area contributed by atoms with Crippen molar-refractivity contribution in [3.63, 3.8) is 0 Å². The lowest BCUT2D eigenvalue weighted by Crippen LogP contribution is -2.45. The number of carboxylic acid groups (broad SMARTS) is 1. The number of aromatic carboxylic acids is 1. The van der Waals surface area contributed by atoms with Gasteiger partial charge >= 0.3 is 5.97 Å². The number of carbonyl (C=O) groups excluding carboxylic acids is 2. The van der Waals surface area contributed by atoms with E-state index in [0.717, 1.165) is 5.56 Å². The second-order valence-electron chi connectivity index (χ2n) is 6.25. The van der Waals surface area contributed by atoms with Gasteiger partial charge in [-0.3, -0.25) is 9.59 Å². The van der Waals surface area contributed by atoms with E-state index in [2.05, 4.69) is 5.32 Å². The molecule has 0 bridgehead atoms. The molecule has 3 rings (SSSR count). The molecule has 2 N–H and O–H groups in total. The van der Waals surface area contributed by atoms with Crippen LogP contribution in [0.1, 0.15) is 29.3 Å². The molecule has 0 aliphatic carbocycles. The number of hydrogen-bond donors (Lipinski definition) is 2. The molecule has 7 heteroatoms. The largest absolute Gasteiger partial charge is 0.479 e. The van der Waals surface area contributed by atoms with Crippen molar-refractivity contribution >= 4 is 23.5 Å². The highest BCUT2D eigenvalue weighted by molar-refractivity contribution is 6.00. The summed E-state index contributed by atoms with van der Waals surface area (Å²) in [6.45, 7) is 2.24. The Morgan fingerprint density at radius 3 is 2.56 bits per heavy atom. The van der Waals surface area contributed by atoms with Crippen LogP contribution in [0.3, 0.4) is 0 Å². The molecule has 27 heavy (non-hydrogen) atoms. The van der Waals surface area contributed by atoms with Crippen molar-refractivity contribution in [2.75, 3.05) is 11.4 Å². The fourth-order valence-corrected chi connectivity index (χ4v) is 2.86. The Bertz CT molecular complexity index is 863. The standard InChI is InChI=1S/C20H20N2O5/c1-13-19(24)22(16-4-2-3-5-17(16)27-13)11-10-18(23)21-12-14-6-8-15(9-7-14)20(25)26/h2-9,13H,10-12H2,1H3,(H,21,23)(H,25,26)/t13-/m0/s1. The number of ether oxygens (including phenoxy) is 1. The molecule has 0 radical (unpaired) electrons. The SMILES string of the molecule is C[C@@H]1Oc2ccccc2N(CCC(=O)NCc2ccc(C(=O)O)cc2)C1=O. The molecule has 0 unspecified atom stereocenters. The second-order valence-corrected chi connectivity index (χ2v) is 6.25. The Balaban J connectivity index is 1.56. The average molecular weight is 368 g/mol. The van der Waals surface area contributed by atoms with E-state index in [1.807, 2.05) is 12.1 Å². The quantitative estimate of drug-likeness (QED) is 0.815. The van der Waals surface area contributed by atoms with Gasteiger partial charge in [0.25, 0.3) is 5.91 Å². The Hall–Kier alpha value is -3.35. The molecule has 0 aromatic heterocycles. The van der Waals surface area contributed by atoms with Crippen LogP contribution >= 0.6 is 0 Å². The molecular formula is C20H20N2O5. The Labute approximate surface area is 156 Å². The minimum Gasteiger partial charge on any atom is -0.479 e. The number of fused-ring (bicyclic) bond motifs is 1. The molecule has 0 fully saturated rings. The average Bonchev–Trinajstić information content (AvgIpc) is 2.67. The monoisotopic (exact) mass is 368 g/mol. The summed E-state index contributed by atoms with van der Waals surface area (Å²) in [6, 6.07) is 13.6. The fourth-order valence-electron chi connectivity index (χ4n) is 2.86. The first-order valence-electron chi connectivity index (χ1n) is 8.61. The van der Waals surface area contributed by atoms with Crippen LogP contribution in [0.2, 0.25) is 0 Å². The van der Waals surface area contributed by atoms with E-state index in [1.165, 1.54) is 12.1 Å². The third-order valence-electron chi connectivity index (χ3n) is 4.33. The highest BCUT2D eigenvalue weighted by Crippen LogP contribution is 2.33. The third kappa shape index (κ3) is 4.25. The van der Waals surface area contributed by atoms with Crippen LogP contribution in [0.15, 0.2) is 48.5 Å². The summed E-state index contributed by atoms with van der Waals surface area (Å²) in [5, 5.41) is 11.7. The summed E-state index contributed by atoms with van der Waals surface area (Å²) in [4.78, 5) is 37.0. The normalized spacial score (nSPS) is 15.7. The second kappa shape index (κ2) is 7.90. The molecule has 0 saturated carbocycles. The van der Waals surface area contributed by atoms with E-state index in [-0.39, 0.29) is 30.3 Å². The maximum Gasteiger partial charge on any atom is 0.335 e. The molecule has 0 spiro atoms. The van der Waals surface area contributed by atoms with Gasteiger partial charge in [0, 0.05) is 19.5 Å². The van der Waals surface area contributed by atoms with Crippen molar-refractivity contribution in [1.29, 1.82) is 0 Å². The maximum atomic E-state index is 12.4. The summed E-state index contributed by atoms with van der Waals surface area (Å²) >= 11 is 0. The maximum absolute atomic E-state index is 12.4.